The van der Waals surface area contributed by atoms with Crippen molar-refractivity contribution in [2.45, 2.75) is 92.4 Å². The van der Waals surface area contributed by atoms with Crippen LogP contribution in [0.15, 0.2) is 10.2 Å². The Morgan fingerprint density at radius 3 is 1.77 bits per heavy atom. The quantitative estimate of drug-likeness (QED) is 0.530. The van der Waals surface area contributed by atoms with Gasteiger partial charge in [0.05, 0.1) is 5.54 Å². The molecule has 0 bridgehead atoms. The van der Waals surface area contributed by atoms with Crippen molar-refractivity contribution in [3.63, 3.8) is 0 Å². The third-order valence-corrected chi connectivity index (χ3v) is 2.51. The van der Waals surface area contributed by atoms with E-state index in [1.807, 2.05) is 34.6 Å². The molecule has 0 saturated carbocycles. The van der Waals surface area contributed by atoms with Crippen molar-refractivity contribution in [2.75, 3.05) is 0 Å². The number of hydrazine groups is 1. The molecule has 0 aromatic rings. The zero-order valence-corrected chi connectivity index (χ0v) is 16.0. The first-order chi connectivity index (χ1) is 9.52. The number of hydrogen-bond acceptors (Lipinski definition) is 4. The maximum absolute atomic E-state index is 12.0. The Balaban J connectivity index is 4.48. The molecule has 0 fully saturated rings. The van der Waals surface area contributed by atoms with Gasteiger partial charge >= 0.3 is 6.03 Å². The monoisotopic (exact) mass is 313 g/mol. The standard InChI is InChI=1S/C16H35N5O/c1-13(2,3)11-15(7,8)20-18-12(22)17-16(9,10)21-19-14(4,5)6/h20H,11H2,1-10H3,(H2,17,18,22)/b21-19+. The molecule has 2 amide bonds. The number of hydrogen-bond donors (Lipinski definition) is 3. The van der Waals surface area contributed by atoms with Gasteiger partial charge in [0.1, 0.15) is 5.66 Å². The fourth-order valence-corrected chi connectivity index (χ4v) is 2.21. The van der Waals surface area contributed by atoms with Gasteiger partial charge in [0, 0.05) is 5.54 Å². The number of amides is 2. The van der Waals surface area contributed by atoms with Crippen LogP contribution in [0.3, 0.4) is 0 Å². The zero-order chi connectivity index (χ0) is 17.8. The molecular weight excluding hydrogens is 278 g/mol. The number of azo groups is 1. The predicted octanol–water partition coefficient (Wildman–Crippen LogP) is 3.99. The van der Waals surface area contributed by atoms with Crippen molar-refractivity contribution < 1.29 is 4.79 Å². The van der Waals surface area contributed by atoms with Gasteiger partial charge in [-0.1, -0.05) is 20.8 Å². The molecule has 6 heteroatoms. The van der Waals surface area contributed by atoms with E-state index in [4.69, 9.17) is 0 Å². The number of carbonyl (C=O) groups excluding carboxylic acids is 1. The summed E-state index contributed by atoms with van der Waals surface area (Å²) in [5, 5.41) is 11.2. The van der Waals surface area contributed by atoms with E-state index in [0.717, 1.165) is 6.42 Å². The third kappa shape index (κ3) is 11.5. The van der Waals surface area contributed by atoms with Crippen LogP contribution in [0.25, 0.3) is 0 Å². The Labute approximate surface area is 135 Å². The van der Waals surface area contributed by atoms with Gasteiger partial charge < -0.3 is 5.32 Å². The lowest BCUT2D eigenvalue weighted by Crippen LogP contribution is -2.57. The van der Waals surface area contributed by atoms with Gasteiger partial charge in [-0.3, -0.25) is 5.43 Å². The van der Waals surface area contributed by atoms with Gasteiger partial charge in [-0.15, -0.1) is 0 Å². The van der Waals surface area contributed by atoms with Crippen LogP contribution in [-0.2, 0) is 0 Å². The molecule has 0 spiro atoms. The average Bonchev–Trinajstić information content (AvgIpc) is 2.19. The van der Waals surface area contributed by atoms with Gasteiger partial charge in [-0.05, 0) is 60.3 Å². The van der Waals surface area contributed by atoms with Crippen molar-refractivity contribution in [1.29, 1.82) is 0 Å². The van der Waals surface area contributed by atoms with Crippen LogP contribution in [-0.4, -0.2) is 22.8 Å². The van der Waals surface area contributed by atoms with Crippen LogP contribution >= 0.6 is 0 Å². The molecule has 0 heterocycles. The highest BCUT2D eigenvalue weighted by Crippen LogP contribution is 2.26. The summed E-state index contributed by atoms with van der Waals surface area (Å²) in [5.41, 5.74) is 4.73. The highest BCUT2D eigenvalue weighted by molar-refractivity contribution is 5.74. The molecule has 0 radical (unpaired) electrons. The molecule has 0 aliphatic rings. The smallest absolute Gasteiger partial charge is 0.311 e. The van der Waals surface area contributed by atoms with Gasteiger partial charge in [-0.25, -0.2) is 10.2 Å². The SMILES string of the molecule is CC(C)(C)CC(C)(C)NNC(=O)NC(C)(C)/N=N/C(C)(C)C. The molecule has 0 atom stereocenters. The van der Waals surface area contributed by atoms with Gasteiger partial charge in [0.2, 0.25) is 0 Å². The van der Waals surface area contributed by atoms with E-state index in [1.54, 1.807) is 0 Å². The molecule has 0 aliphatic carbocycles. The van der Waals surface area contributed by atoms with Crippen molar-refractivity contribution in [1.82, 2.24) is 16.2 Å². The fraction of sp³-hybridized carbons (Fsp3) is 0.938. The summed E-state index contributed by atoms with van der Waals surface area (Å²) < 4.78 is 0. The Morgan fingerprint density at radius 2 is 1.36 bits per heavy atom. The van der Waals surface area contributed by atoms with Crippen LogP contribution < -0.4 is 16.2 Å². The second-order valence-electron chi connectivity index (χ2n) is 9.26. The zero-order valence-electron chi connectivity index (χ0n) is 16.0. The van der Waals surface area contributed by atoms with Crippen LogP contribution in [0.5, 0.6) is 0 Å². The summed E-state index contributed by atoms with van der Waals surface area (Å²) in [6.45, 7) is 20.1. The van der Waals surface area contributed by atoms with Crippen LogP contribution in [0.2, 0.25) is 0 Å². The Hall–Kier alpha value is -1.17. The summed E-state index contributed by atoms with van der Waals surface area (Å²) in [5.74, 6) is 0. The average molecular weight is 313 g/mol. The molecule has 0 saturated heterocycles. The van der Waals surface area contributed by atoms with Crippen molar-refractivity contribution in [3.05, 3.63) is 0 Å². The molecular formula is C16H35N5O. The second-order valence-corrected chi connectivity index (χ2v) is 9.26. The Kier molecular flexibility index (Phi) is 6.57. The van der Waals surface area contributed by atoms with E-state index in [9.17, 15) is 4.79 Å². The third-order valence-electron chi connectivity index (χ3n) is 2.51. The van der Waals surface area contributed by atoms with Crippen molar-refractivity contribution >= 4 is 6.03 Å². The predicted molar refractivity (Wildman–Crippen MR) is 91.6 cm³/mol. The molecule has 0 rings (SSSR count). The Morgan fingerprint density at radius 1 is 0.864 bits per heavy atom. The minimum Gasteiger partial charge on any atom is -0.311 e. The summed E-state index contributed by atoms with van der Waals surface area (Å²) in [7, 11) is 0. The van der Waals surface area contributed by atoms with E-state index in [-0.39, 0.29) is 22.5 Å². The largest absolute Gasteiger partial charge is 0.331 e. The highest BCUT2D eigenvalue weighted by atomic mass is 16.2. The van der Waals surface area contributed by atoms with Crippen LogP contribution in [0.4, 0.5) is 4.79 Å². The van der Waals surface area contributed by atoms with E-state index < -0.39 is 5.66 Å². The second kappa shape index (κ2) is 6.94. The first kappa shape index (κ1) is 20.8. The molecule has 22 heavy (non-hydrogen) atoms. The number of nitrogens with zero attached hydrogens (tertiary/aromatic N) is 2. The number of nitrogens with one attached hydrogen (secondary N) is 3. The Bertz CT molecular complexity index is 400. The van der Waals surface area contributed by atoms with Crippen LogP contribution in [0, 0.1) is 5.41 Å². The maximum Gasteiger partial charge on any atom is 0.331 e. The fourth-order valence-electron chi connectivity index (χ4n) is 2.21. The van der Waals surface area contributed by atoms with Crippen molar-refractivity contribution in [2.24, 2.45) is 15.6 Å². The van der Waals surface area contributed by atoms with E-state index in [2.05, 4.69) is 61.0 Å². The highest BCUT2D eigenvalue weighted by Gasteiger charge is 2.27. The van der Waals surface area contributed by atoms with Crippen molar-refractivity contribution in [3.8, 4) is 0 Å². The molecule has 130 valence electrons. The lowest BCUT2D eigenvalue weighted by molar-refractivity contribution is 0.196. The first-order valence-electron chi connectivity index (χ1n) is 7.81. The molecule has 6 nitrogen and oxygen atoms in total. The number of rotatable bonds is 5. The van der Waals surface area contributed by atoms with Gasteiger partial charge in [0.15, 0.2) is 0 Å². The minimum atomic E-state index is -0.757. The molecule has 0 unspecified atom stereocenters. The summed E-state index contributed by atoms with van der Waals surface area (Å²) >= 11 is 0. The van der Waals surface area contributed by atoms with Gasteiger partial charge in [0.25, 0.3) is 0 Å². The van der Waals surface area contributed by atoms with E-state index in [0.29, 0.717) is 0 Å². The van der Waals surface area contributed by atoms with Crippen LogP contribution in [0.1, 0.15) is 75.7 Å². The summed E-state index contributed by atoms with van der Waals surface area (Å²) in [6, 6.07) is -0.320. The number of carbonyl (C=O) groups is 1. The molecule has 0 aliphatic heterocycles. The topological polar surface area (TPSA) is 77.9 Å². The maximum atomic E-state index is 12.0. The normalized spacial score (nSPS) is 14.3. The first-order valence-corrected chi connectivity index (χ1v) is 7.81. The molecule has 0 aromatic heterocycles. The van der Waals surface area contributed by atoms with Gasteiger partial charge in [-0.2, -0.15) is 10.2 Å². The lowest BCUT2D eigenvalue weighted by Gasteiger charge is -2.33. The molecule has 0 aromatic carbocycles. The summed E-state index contributed by atoms with van der Waals surface area (Å²) in [4.78, 5) is 12.0. The lowest BCUT2D eigenvalue weighted by atomic mass is 9.82. The summed E-state index contributed by atoms with van der Waals surface area (Å²) in [6.07, 6.45) is 0.924. The number of urea groups is 1. The minimum absolute atomic E-state index is 0.175. The van der Waals surface area contributed by atoms with E-state index in [1.165, 1.54) is 0 Å². The van der Waals surface area contributed by atoms with E-state index >= 15 is 0 Å². The molecule has 3 N–H and O–H groups in total.